The molecule has 0 radical (unpaired) electrons. The molecule has 3 aromatic rings. The quantitative estimate of drug-likeness (QED) is 0.249. The molecule has 2 amide bonds. The van der Waals surface area contributed by atoms with Crippen LogP contribution in [0.3, 0.4) is 0 Å². The first-order valence-corrected chi connectivity index (χ1v) is 15.9. The minimum atomic E-state index is -4.27. The summed E-state index contributed by atoms with van der Waals surface area (Å²) in [6, 6.07) is 14.7. The van der Waals surface area contributed by atoms with E-state index in [2.05, 4.69) is 5.32 Å². The van der Waals surface area contributed by atoms with E-state index in [9.17, 15) is 18.0 Å². The number of aryl methyl sites for hydroxylation is 1. The van der Waals surface area contributed by atoms with Crippen LogP contribution in [0.4, 0.5) is 5.69 Å². The van der Waals surface area contributed by atoms with Crippen molar-refractivity contribution in [2.24, 2.45) is 0 Å². The lowest BCUT2D eigenvalue weighted by Gasteiger charge is -2.34. The van der Waals surface area contributed by atoms with Gasteiger partial charge in [-0.2, -0.15) is 0 Å². The van der Waals surface area contributed by atoms with Gasteiger partial charge in [0.2, 0.25) is 11.8 Å². The fourth-order valence-corrected chi connectivity index (χ4v) is 6.42. The molecule has 0 unspecified atom stereocenters. The summed E-state index contributed by atoms with van der Waals surface area (Å²) in [5, 5.41) is 3.48. The summed E-state index contributed by atoms with van der Waals surface area (Å²) < 4.78 is 40.0. The molecule has 0 saturated carbocycles. The first-order chi connectivity index (χ1) is 20.3. The molecule has 0 saturated heterocycles. The van der Waals surface area contributed by atoms with Gasteiger partial charge in [0.05, 0.1) is 24.8 Å². The van der Waals surface area contributed by atoms with Gasteiger partial charge < -0.3 is 19.7 Å². The van der Waals surface area contributed by atoms with E-state index in [0.29, 0.717) is 21.4 Å². The third kappa shape index (κ3) is 8.13. The second-order valence-electron chi connectivity index (χ2n) is 10.2. The van der Waals surface area contributed by atoms with Crippen LogP contribution in [-0.2, 0) is 26.2 Å². The van der Waals surface area contributed by atoms with E-state index >= 15 is 0 Å². The van der Waals surface area contributed by atoms with Crippen molar-refractivity contribution in [3.8, 4) is 11.5 Å². The van der Waals surface area contributed by atoms with Gasteiger partial charge in [-0.1, -0.05) is 53.9 Å². The molecule has 0 fully saturated rings. The zero-order chi connectivity index (χ0) is 31.9. The van der Waals surface area contributed by atoms with Crippen molar-refractivity contribution in [2.45, 2.75) is 57.6 Å². The lowest BCUT2D eigenvalue weighted by molar-refractivity contribution is -0.140. The molecule has 1 atom stereocenters. The second-order valence-corrected chi connectivity index (χ2v) is 12.8. The standard InChI is InChI=1S/C31H37Cl2N3O6S/c1-7-27(31(38)34-20(2)3)35(18-24-25(32)9-8-10-26(24)33)30(37)19-36(22-13-16-28(41-5)29(17-22)42-6)43(39,40)23-14-11-21(4)12-15-23/h8-17,20,27H,7,18-19H2,1-6H3,(H,34,38)/t27-/m0/s1. The Hall–Kier alpha value is -3.47. The van der Waals surface area contributed by atoms with Crippen molar-refractivity contribution in [1.82, 2.24) is 10.2 Å². The van der Waals surface area contributed by atoms with Crippen molar-refractivity contribution in [1.29, 1.82) is 0 Å². The first kappa shape index (κ1) is 34.0. The molecule has 0 aliphatic heterocycles. The predicted molar refractivity (Wildman–Crippen MR) is 170 cm³/mol. The van der Waals surface area contributed by atoms with Gasteiger partial charge >= 0.3 is 0 Å². The number of halogens is 2. The van der Waals surface area contributed by atoms with Crippen LogP contribution in [0.2, 0.25) is 10.0 Å². The van der Waals surface area contributed by atoms with Crippen molar-refractivity contribution >= 4 is 50.7 Å². The molecule has 12 heteroatoms. The van der Waals surface area contributed by atoms with Crippen LogP contribution in [0, 0.1) is 6.92 Å². The van der Waals surface area contributed by atoms with Gasteiger partial charge in [0.1, 0.15) is 12.6 Å². The SMILES string of the molecule is CC[C@@H](C(=O)NC(C)C)N(Cc1c(Cl)cccc1Cl)C(=O)CN(c1ccc(OC)c(OC)c1)S(=O)(=O)c1ccc(C)cc1. The summed E-state index contributed by atoms with van der Waals surface area (Å²) in [4.78, 5) is 28.9. The molecule has 0 spiro atoms. The lowest BCUT2D eigenvalue weighted by Crippen LogP contribution is -2.53. The summed E-state index contributed by atoms with van der Waals surface area (Å²) in [5.41, 5.74) is 1.48. The Bertz CT molecular complexity index is 1530. The molecule has 232 valence electrons. The average Bonchev–Trinajstić information content (AvgIpc) is 2.96. The van der Waals surface area contributed by atoms with Gasteiger partial charge in [0, 0.05) is 34.3 Å². The summed E-state index contributed by atoms with van der Waals surface area (Å²) >= 11 is 12.9. The molecule has 3 aromatic carbocycles. The Morgan fingerprint density at radius 2 is 1.53 bits per heavy atom. The van der Waals surface area contributed by atoms with E-state index in [4.69, 9.17) is 32.7 Å². The summed E-state index contributed by atoms with van der Waals surface area (Å²) in [5.74, 6) is -0.351. The Kier molecular flexibility index (Phi) is 11.7. The number of benzene rings is 3. The number of carbonyl (C=O) groups is 2. The zero-order valence-electron chi connectivity index (χ0n) is 25.1. The van der Waals surface area contributed by atoms with Crippen LogP contribution in [0.1, 0.15) is 38.3 Å². The highest BCUT2D eigenvalue weighted by Gasteiger charge is 2.34. The number of methoxy groups -OCH3 is 2. The zero-order valence-corrected chi connectivity index (χ0v) is 27.4. The van der Waals surface area contributed by atoms with Gasteiger partial charge in [-0.05, 0) is 63.6 Å². The van der Waals surface area contributed by atoms with E-state index in [1.807, 2.05) is 20.8 Å². The van der Waals surface area contributed by atoms with Crippen LogP contribution in [0.25, 0.3) is 0 Å². The minimum Gasteiger partial charge on any atom is -0.493 e. The minimum absolute atomic E-state index is 0.00836. The molecule has 3 rings (SSSR count). The Balaban J connectivity index is 2.16. The highest BCUT2D eigenvalue weighted by atomic mass is 35.5. The molecule has 0 aromatic heterocycles. The fraction of sp³-hybridized carbons (Fsp3) is 0.355. The molecule has 0 aliphatic rings. The van der Waals surface area contributed by atoms with E-state index in [1.165, 1.54) is 43.4 Å². The second kappa shape index (κ2) is 14.8. The third-order valence-corrected chi connectivity index (χ3v) is 9.25. The Morgan fingerprint density at radius 3 is 2.07 bits per heavy atom. The monoisotopic (exact) mass is 649 g/mol. The van der Waals surface area contributed by atoms with Crippen molar-refractivity contribution in [3.63, 3.8) is 0 Å². The van der Waals surface area contributed by atoms with E-state index in [1.54, 1.807) is 43.3 Å². The van der Waals surface area contributed by atoms with Crippen LogP contribution in [0.15, 0.2) is 65.6 Å². The number of hydrogen-bond donors (Lipinski definition) is 1. The van der Waals surface area contributed by atoms with E-state index < -0.39 is 28.5 Å². The van der Waals surface area contributed by atoms with Crippen LogP contribution in [0.5, 0.6) is 11.5 Å². The van der Waals surface area contributed by atoms with Gasteiger partial charge in [0.25, 0.3) is 10.0 Å². The number of anilines is 1. The largest absolute Gasteiger partial charge is 0.493 e. The van der Waals surface area contributed by atoms with Crippen molar-refractivity contribution in [2.75, 3.05) is 25.1 Å². The molecule has 1 N–H and O–H groups in total. The Morgan fingerprint density at radius 1 is 0.930 bits per heavy atom. The topological polar surface area (TPSA) is 105 Å². The van der Waals surface area contributed by atoms with Crippen LogP contribution >= 0.6 is 23.2 Å². The average molecular weight is 651 g/mol. The van der Waals surface area contributed by atoms with Crippen LogP contribution < -0.4 is 19.1 Å². The highest BCUT2D eigenvalue weighted by Crippen LogP contribution is 2.34. The van der Waals surface area contributed by atoms with E-state index in [0.717, 1.165) is 9.87 Å². The van der Waals surface area contributed by atoms with Crippen LogP contribution in [-0.4, -0.2) is 58.0 Å². The number of sulfonamides is 1. The molecule has 43 heavy (non-hydrogen) atoms. The number of hydrogen-bond acceptors (Lipinski definition) is 6. The fourth-order valence-electron chi connectivity index (χ4n) is 4.50. The van der Waals surface area contributed by atoms with Gasteiger partial charge in [-0.25, -0.2) is 8.42 Å². The van der Waals surface area contributed by atoms with Crippen molar-refractivity contribution in [3.05, 3.63) is 81.8 Å². The van der Waals surface area contributed by atoms with Gasteiger partial charge in [-0.15, -0.1) is 0 Å². The summed E-state index contributed by atoms with van der Waals surface area (Å²) in [7, 11) is -1.37. The van der Waals surface area contributed by atoms with Gasteiger partial charge in [-0.3, -0.25) is 13.9 Å². The summed E-state index contributed by atoms with van der Waals surface area (Å²) in [6.07, 6.45) is 0.257. The molecule has 0 bridgehead atoms. The van der Waals surface area contributed by atoms with E-state index in [-0.39, 0.29) is 41.2 Å². The molecule has 0 heterocycles. The normalized spacial score (nSPS) is 12.0. The lowest BCUT2D eigenvalue weighted by atomic mass is 10.1. The molecular formula is C31H37Cl2N3O6S. The molecule has 0 aliphatic carbocycles. The number of nitrogens with zero attached hydrogens (tertiary/aromatic N) is 2. The molecule has 9 nitrogen and oxygen atoms in total. The number of amides is 2. The van der Waals surface area contributed by atoms with Crippen molar-refractivity contribution < 1.29 is 27.5 Å². The number of carbonyl (C=O) groups excluding carboxylic acids is 2. The molecular weight excluding hydrogens is 613 g/mol. The maximum atomic E-state index is 14.3. The Labute approximate surface area is 263 Å². The number of ether oxygens (including phenoxy) is 2. The maximum absolute atomic E-state index is 14.3. The third-order valence-electron chi connectivity index (χ3n) is 6.75. The maximum Gasteiger partial charge on any atom is 0.264 e. The number of nitrogens with one attached hydrogen (secondary N) is 1. The highest BCUT2D eigenvalue weighted by molar-refractivity contribution is 7.92. The van der Waals surface area contributed by atoms with Gasteiger partial charge in [0.15, 0.2) is 11.5 Å². The first-order valence-electron chi connectivity index (χ1n) is 13.7. The number of rotatable bonds is 13. The summed E-state index contributed by atoms with van der Waals surface area (Å²) in [6.45, 7) is 6.50. The predicted octanol–water partition coefficient (Wildman–Crippen LogP) is 5.85. The smallest absolute Gasteiger partial charge is 0.264 e.